The molecular formula is C8H12. The van der Waals surface area contributed by atoms with Crippen LogP contribution in [0.1, 0.15) is 32.1 Å². The minimum atomic E-state index is 1.01. The molecule has 0 N–H and O–H groups in total. The van der Waals surface area contributed by atoms with Crippen LogP contribution in [-0.4, -0.2) is 0 Å². The van der Waals surface area contributed by atoms with Crippen molar-refractivity contribution in [1.82, 2.24) is 0 Å². The molecule has 0 heteroatoms. The highest BCUT2D eigenvalue weighted by Gasteiger charge is 2.70. The summed E-state index contributed by atoms with van der Waals surface area (Å²) in [6.45, 7) is 0. The summed E-state index contributed by atoms with van der Waals surface area (Å²) >= 11 is 0. The first kappa shape index (κ1) is 3.92. The molecule has 1 spiro atoms. The Labute approximate surface area is 50.3 Å². The summed E-state index contributed by atoms with van der Waals surface area (Å²) in [7, 11) is 0. The van der Waals surface area contributed by atoms with Crippen molar-refractivity contribution in [2.45, 2.75) is 32.1 Å². The van der Waals surface area contributed by atoms with E-state index in [1.165, 1.54) is 11.8 Å². The minimum Gasteiger partial charge on any atom is -0.0527 e. The van der Waals surface area contributed by atoms with Crippen LogP contribution in [-0.2, 0) is 0 Å². The second-order valence-electron chi connectivity index (χ2n) is 3.97. The van der Waals surface area contributed by atoms with Crippen molar-refractivity contribution in [1.29, 1.82) is 0 Å². The van der Waals surface area contributed by atoms with Gasteiger partial charge in [-0.05, 0) is 42.9 Å². The molecule has 3 aliphatic rings. The van der Waals surface area contributed by atoms with Crippen molar-refractivity contribution in [3.05, 3.63) is 0 Å². The van der Waals surface area contributed by atoms with Crippen LogP contribution in [0.2, 0.25) is 0 Å². The summed E-state index contributed by atoms with van der Waals surface area (Å²) in [5, 5.41) is 0. The molecule has 3 fully saturated rings. The van der Waals surface area contributed by atoms with E-state index in [0.717, 1.165) is 5.41 Å². The maximum Gasteiger partial charge on any atom is -0.0235 e. The van der Waals surface area contributed by atoms with E-state index in [0.29, 0.717) is 0 Å². The Morgan fingerprint density at radius 3 is 2.12 bits per heavy atom. The van der Waals surface area contributed by atoms with Gasteiger partial charge in [0.1, 0.15) is 0 Å². The maximum absolute atomic E-state index is 1.62. The van der Waals surface area contributed by atoms with Crippen LogP contribution in [0, 0.1) is 17.3 Å². The fourth-order valence-electron chi connectivity index (χ4n) is 2.94. The van der Waals surface area contributed by atoms with Gasteiger partial charge in [0.05, 0.1) is 0 Å². The molecule has 3 atom stereocenters. The molecule has 0 bridgehead atoms. The number of hydrogen-bond acceptors (Lipinski definition) is 0. The summed E-state index contributed by atoms with van der Waals surface area (Å²) in [4.78, 5) is 0. The third-order valence-electron chi connectivity index (χ3n) is 3.66. The van der Waals surface area contributed by atoms with Crippen LogP contribution in [0.4, 0.5) is 0 Å². The van der Waals surface area contributed by atoms with Gasteiger partial charge in [-0.3, -0.25) is 0 Å². The SMILES string of the molecule is C1C[C@@H]2CC23C[C@@H]3C1. The van der Waals surface area contributed by atoms with E-state index in [-0.39, 0.29) is 0 Å². The number of rotatable bonds is 0. The fraction of sp³-hybridized carbons (Fsp3) is 1.00. The first-order valence-corrected chi connectivity index (χ1v) is 3.92. The second kappa shape index (κ2) is 0.872. The molecule has 0 aliphatic heterocycles. The lowest BCUT2D eigenvalue weighted by Gasteiger charge is -2.04. The van der Waals surface area contributed by atoms with Crippen molar-refractivity contribution in [2.75, 3.05) is 0 Å². The summed E-state index contributed by atoms with van der Waals surface area (Å²) in [6, 6.07) is 0. The third-order valence-corrected chi connectivity index (χ3v) is 3.66. The molecule has 0 amide bonds. The van der Waals surface area contributed by atoms with Gasteiger partial charge in [0.25, 0.3) is 0 Å². The Morgan fingerprint density at radius 2 is 1.62 bits per heavy atom. The van der Waals surface area contributed by atoms with Crippen molar-refractivity contribution in [3.8, 4) is 0 Å². The summed E-state index contributed by atoms with van der Waals surface area (Å²) in [5.74, 6) is 2.45. The van der Waals surface area contributed by atoms with Crippen LogP contribution in [0.5, 0.6) is 0 Å². The lowest BCUT2D eigenvalue weighted by Crippen LogP contribution is -1.93. The predicted molar refractivity (Wildman–Crippen MR) is 32.5 cm³/mol. The second-order valence-corrected chi connectivity index (χ2v) is 3.97. The van der Waals surface area contributed by atoms with Gasteiger partial charge in [0.2, 0.25) is 0 Å². The first-order chi connectivity index (χ1) is 3.92. The van der Waals surface area contributed by atoms with E-state index < -0.39 is 0 Å². The smallest absolute Gasteiger partial charge is 0.0235 e. The van der Waals surface area contributed by atoms with Crippen molar-refractivity contribution >= 4 is 0 Å². The summed E-state index contributed by atoms with van der Waals surface area (Å²) in [6.07, 6.45) is 7.96. The normalized spacial score (nSPS) is 66.0. The lowest BCUT2D eigenvalue weighted by atomic mass is 10.0. The average molecular weight is 108 g/mol. The summed E-state index contributed by atoms with van der Waals surface area (Å²) < 4.78 is 0. The van der Waals surface area contributed by atoms with E-state index >= 15 is 0 Å². The zero-order chi connectivity index (χ0) is 5.19. The van der Waals surface area contributed by atoms with Crippen molar-refractivity contribution in [3.63, 3.8) is 0 Å². The molecular weight excluding hydrogens is 96.1 g/mol. The highest BCUT2D eigenvalue weighted by Crippen LogP contribution is 2.79. The molecule has 44 valence electrons. The van der Waals surface area contributed by atoms with Gasteiger partial charge in [-0.25, -0.2) is 0 Å². The molecule has 0 radical (unpaired) electrons. The van der Waals surface area contributed by atoms with Crippen LogP contribution >= 0.6 is 0 Å². The Bertz CT molecular complexity index is 117. The zero-order valence-electron chi connectivity index (χ0n) is 5.19. The Morgan fingerprint density at radius 1 is 1.00 bits per heavy atom. The zero-order valence-corrected chi connectivity index (χ0v) is 5.19. The molecule has 0 saturated heterocycles. The molecule has 8 heavy (non-hydrogen) atoms. The topological polar surface area (TPSA) is 0 Å². The third kappa shape index (κ3) is 0.260. The minimum absolute atomic E-state index is 1.01. The molecule has 3 aliphatic carbocycles. The predicted octanol–water partition coefficient (Wildman–Crippen LogP) is 2.20. The molecule has 3 saturated carbocycles. The molecule has 0 aromatic rings. The molecule has 1 unspecified atom stereocenters. The average Bonchev–Trinajstić information content (AvgIpc) is 2.45. The van der Waals surface area contributed by atoms with Gasteiger partial charge in [0.15, 0.2) is 0 Å². The molecule has 0 nitrogen and oxygen atoms in total. The number of hydrogen-bond donors (Lipinski definition) is 0. The van der Waals surface area contributed by atoms with Gasteiger partial charge in [-0.1, -0.05) is 6.42 Å². The van der Waals surface area contributed by atoms with E-state index in [1.54, 1.807) is 32.1 Å². The largest absolute Gasteiger partial charge is 0.0527 e. The van der Waals surface area contributed by atoms with Crippen LogP contribution in [0.25, 0.3) is 0 Å². The highest BCUT2D eigenvalue weighted by molar-refractivity contribution is 5.19. The van der Waals surface area contributed by atoms with E-state index in [4.69, 9.17) is 0 Å². The van der Waals surface area contributed by atoms with Gasteiger partial charge < -0.3 is 0 Å². The summed E-state index contributed by atoms with van der Waals surface area (Å²) in [5.41, 5.74) is 1.01. The Balaban J connectivity index is 1.95. The molecule has 0 aromatic heterocycles. The van der Waals surface area contributed by atoms with Crippen LogP contribution in [0.15, 0.2) is 0 Å². The standard InChI is InChI=1S/C8H12/c1-2-6-4-8(6)5-7(8)3-1/h6-7H,1-5H2/t6-,7+,8?. The van der Waals surface area contributed by atoms with Crippen molar-refractivity contribution < 1.29 is 0 Å². The first-order valence-electron chi connectivity index (χ1n) is 3.92. The van der Waals surface area contributed by atoms with Gasteiger partial charge in [0, 0.05) is 0 Å². The molecule has 0 aromatic carbocycles. The monoisotopic (exact) mass is 108 g/mol. The van der Waals surface area contributed by atoms with Gasteiger partial charge >= 0.3 is 0 Å². The quantitative estimate of drug-likeness (QED) is 0.446. The fourth-order valence-corrected chi connectivity index (χ4v) is 2.94. The van der Waals surface area contributed by atoms with Crippen LogP contribution < -0.4 is 0 Å². The van der Waals surface area contributed by atoms with E-state index in [1.807, 2.05) is 0 Å². The highest BCUT2D eigenvalue weighted by atomic mass is 14.7. The van der Waals surface area contributed by atoms with Crippen LogP contribution in [0.3, 0.4) is 0 Å². The van der Waals surface area contributed by atoms with E-state index in [2.05, 4.69) is 0 Å². The Hall–Kier alpha value is 0. The van der Waals surface area contributed by atoms with Gasteiger partial charge in [-0.15, -0.1) is 0 Å². The van der Waals surface area contributed by atoms with E-state index in [9.17, 15) is 0 Å². The lowest BCUT2D eigenvalue weighted by molar-refractivity contribution is 0.468. The Kier molecular flexibility index (Phi) is 0.427. The maximum atomic E-state index is 1.62. The van der Waals surface area contributed by atoms with Crippen molar-refractivity contribution in [2.24, 2.45) is 17.3 Å². The molecule has 0 heterocycles. The van der Waals surface area contributed by atoms with Gasteiger partial charge in [-0.2, -0.15) is 0 Å². The molecule has 3 rings (SSSR count).